The highest BCUT2D eigenvalue weighted by molar-refractivity contribution is 6.36. The van der Waals surface area contributed by atoms with Gasteiger partial charge in [0.25, 0.3) is 0 Å². The van der Waals surface area contributed by atoms with Gasteiger partial charge in [-0.1, -0.05) is 53.9 Å². The fraction of sp³-hybridized carbons (Fsp3) is 0.438. The SMILES string of the molecule is CCCCNc1c(C#N)cnc2c(Cl)cc(N[C@@H](c3ccc(Cl)cc3)c3cn(C4CCN(C(C)(C)C)CC4)nn3)cc12. The van der Waals surface area contributed by atoms with E-state index < -0.39 is 0 Å². The lowest BCUT2D eigenvalue weighted by molar-refractivity contribution is 0.0866. The number of pyridine rings is 1. The van der Waals surface area contributed by atoms with Gasteiger partial charge < -0.3 is 10.6 Å². The first kappa shape index (κ1) is 30.1. The number of halogens is 2. The summed E-state index contributed by atoms with van der Waals surface area (Å²) in [4.78, 5) is 7.02. The van der Waals surface area contributed by atoms with E-state index in [1.807, 2.05) is 41.1 Å². The van der Waals surface area contributed by atoms with Crippen LogP contribution in [0.1, 0.15) is 82.3 Å². The second-order valence-electron chi connectivity index (χ2n) is 11.9. The summed E-state index contributed by atoms with van der Waals surface area (Å²) in [6.45, 7) is 11.8. The summed E-state index contributed by atoms with van der Waals surface area (Å²) in [5.41, 5.74) is 4.63. The molecule has 220 valence electrons. The Morgan fingerprint density at radius 2 is 1.86 bits per heavy atom. The lowest BCUT2D eigenvalue weighted by Crippen LogP contribution is -2.46. The van der Waals surface area contributed by atoms with E-state index in [0.29, 0.717) is 27.2 Å². The molecule has 10 heteroatoms. The van der Waals surface area contributed by atoms with Gasteiger partial charge in [-0.25, -0.2) is 4.68 Å². The summed E-state index contributed by atoms with van der Waals surface area (Å²) in [6, 6.07) is 13.9. The van der Waals surface area contributed by atoms with Crippen molar-refractivity contribution in [3.05, 3.63) is 75.7 Å². The minimum absolute atomic E-state index is 0.165. The van der Waals surface area contributed by atoms with Gasteiger partial charge in [-0.2, -0.15) is 5.26 Å². The number of benzene rings is 2. The molecule has 0 aliphatic carbocycles. The third-order valence-corrected chi connectivity index (χ3v) is 8.54. The molecule has 1 fully saturated rings. The number of hydrogen-bond acceptors (Lipinski definition) is 7. The number of fused-ring (bicyclic) bond motifs is 1. The van der Waals surface area contributed by atoms with Crippen LogP contribution in [0.25, 0.3) is 10.9 Å². The molecule has 0 spiro atoms. The number of rotatable bonds is 9. The van der Waals surface area contributed by atoms with E-state index >= 15 is 0 Å². The van der Waals surface area contributed by atoms with Gasteiger partial charge in [-0.3, -0.25) is 9.88 Å². The number of aromatic nitrogens is 4. The molecular weight excluding hydrogens is 567 g/mol. The minimum atomic E-state index is -0.303. The third kappa shape index (κ3) is 6.64. The van der Waals surface area contributed by atoms with Crippen LogP contribution in [0, 0.1) is 11.3 Å². The topological polar surface area (TPSA) is 94.7 Å². The lowest BCUT2D eigenvalue weighted by atomic mass is 9.98. The molecule has 2 aromatic heterocycles. The highest BCUT2D eigenvalue weighted by atomic mass is 35.5. The maximum Gasteiger partial charge on any atom is 0.109 e. The molecule has 42 heavy (non-hydrogen) atoms. The van der Waals surface area contributed by atoms with Crippen molar-refractivity contribution in [1.82, 2.24) is 24.9 Å². The van der Waals surface area contributed by atoms with Gasteiger partial charge in [0, 0.05) is 47.5 Å². The van der Waals surface area contributed by atoms with E-state index in [1.54, 1.807) is 6.20 Å². The Kier molecular flexibility index (Phi) is 9.22. The van der Waals surface area contributed by atoms with E-state index in [0.717, 1.165) is 73.3 Å². The number of unbranched alkanes of at least 4 members (excludes halogenated alkanes) is 1. The van der Waals surface area contributed by atoms with Gasteiger partial charge in [0.2, 0.25) is 0 Å². The van der Waals surface area contributed by atoms with Crippen LogP contribution in [-0.4, -0.2) is 50.1 Å². The largest absolute Gasteiger partial charge is 0.383 e. The molecule has 0 bridgehead atoms. The zero-order chi connectivity index (χ0) is 29.9. The number of likely N-dealkylation sites (tertiary alicyclic amines) is 1. The maximum atomic E-state index is 9.79. The highest BCUT2D eigenvalue weighted by Gasteiger charge is 2.29. The van der Waals surface area contributed by atoms with Crippen molar-refractivity contribution >= 4 is 45.5 Å². The van der Waals surface area contributed by atoms with Crippen LogP contribution in [0.15, 0.2) is 48.8 Å². The van der Waals surface area contributed by atoms with Gasteiger partial charge in [0.15, 0.2) is 0 Å². The molecule has 8 nitrogen and oxygen atoms in total. The third-order valence-electron chi connectivity index (χ3n) is 8.00. The van der Waals surface area contributed by atoms with Crippen molar-refractivity contribution in [2.24, 2.45) is 0 Å². The van der Waals surface area contributed by atoms with E-state index in [2.05, 4.69) is 70.8 Å². The van der Waals surface area contributed by atoms with Gasteiger partial charge in [0.1, 0.15) is 11.8 Å². The van der Waals surface area contributed by atoms with E-state index in [1.165, 1.54) is 0 Å². The van der Waals surface area contributed by atoms with Crippen molar-refractivity contribution < 1.29 is 0 Å². The summed E-state index contributed by atoms with van der Waals surface area (Å²) < 4.78 is 2.02. The smallest absolute Gasteiger partial charge is 0.109 e. The molecule has 1 atom stereocenters. The fourth-order valence-electron chi connectivity index (χ4n) is 5.56. The van der Waals surface area contributed by atoms with Crippen LogP contribution in [-0.2, 0) is 0 Å². The van der Waals surface area contributed by atoms with E-state index in [9.17, 15) is 5.26 Å². The van der Waals surface area contributed by atoms with Crippen molar-refractivity contribution in [2.75, 3.05) is 30.3 Å². The van der Waals surface area contributed by atoms with Crippen molar-refractivity contribution in [1.29, 1.82) is 5.26 Å². The number of hydrogen-bond donors (Lipinski definition) is 2. The van der Waals surface area contributed by atoms with E-state index in [4.69, 9.17) is 23.2 Å². The van der Waals surface area contributed by atoms with Crippen LogP contribution >= 0.6 is 23.2 Å². The Balaban J connectivity index is 1.48. The molecule has 1 aliphatic heterocycles. The molecular formula is C32H38Cl2N8. The molecule has 0 radical (unpaired) electrons. The van der Waals surface area contributed by atoms with Crippen LogP contribution in [0.4, 0.5) is 11.4 Å². The summed E-state index contributed by atoms with van der Waals surface area (Å²) >= 11 is 13.0. The standard InChI is InChI=1S/C32H38Cl2N8/c1-5-6-13-36-29-22(18-35)19-37-31-26(29)16-24(17-27(31)34)38-30(21-7-9-23(33)10-8-21)28-20-42(40-39-28)25-11-14-41(15-12-25)32(2,3)4/h7-10,16-17,19-20,25,30,38H,5-6,11-15H2,1-4H3,(H,36,37)/t30-/m0/s1. The minimum Gasteiger partial charge on any atom is -0.383 e. The molecule has 3 heterocycles. The first-order valence-electron chi connectivity index (χ1n) is 14.6. The molecule has 5 rings (SSSR count). The average Bonchev–Trinajstić information content (AvgIpc) is 3.46. The van der Waals surface area contributed by atoms with Crippen LogP contribution in [0.3, 0.4) is 0 Å². The molecule has 1 aliphatic rings. The average molecular weight is 606 g/mol. The van der Waals surface area contributed by atoms with Gasteiger partial charge in [0.05, 0.1) is 40.1 Å². The summed E-state index contributed by atoms with van der Waals surface area (Å²) in [6.07, 6.45) is 7.73. The quantitative estimate of drug-likeness (QED) is 0.188. The van der Waals surface area contributed by atoms with Crippen LogP contribution < -0.4 is 10.6 Å². The number of nitriles is 1. The predicted molar refractivity (Wildman–Crippen MR) is 171 cm³/mol. The van der Waals surface area contributed by atoms with Gasteiger partial charge in [-0.05, 0) is 69.9 Å². The second-order valence-corrected chi connectivity index (χ2v) is 12.8. The summed E-state index contributed by atoms with van der Waals surface area (Å²) in [5, 5.41) is 28.1. The second kappa shape index (κ2) is 12.9. The zero-order valence-electron chi connectivity index (χ0n) is 24.7. The first-order valence-corrected chi connectivity index (χ1v) is 15.4. The zero-order valence-corrected chi connectivity index (χ0v) is 26.2. The monoisotopic (exact) mass is 604 g/mol. The predicted octanol–water partition coefficient (Wildman–Crippen LogP) is 7.85. The van der Waals surface area contributed by atoms with Crippen molar-refractivity contribution in [3.8, 4) is 6.07 Å². The summed E-state index contributed by atoms with van der Waals surface area (Å²) in [7, 11) is 0. The Hall–Kier alpha value is -3.38. The molecule has 1 saturated heterocycles. The number of piperidine rings is 1. The molecule has 4 aromatic rings. The van der Waals surface area contributed by atoms with Crippen LogP contribution in [0.2, 0.25) is 10.0 Å². The Bertz CT molecular complexity index is 1560. The highest BCUT2D eigenvalue weighted by Crippen LogP contribution is 2.36. The van der Waals surface area contributed by atoms with E-state index in [-0.39, 0.29) is 11.6 Å². The first-order chi connectivity index (χ1) is 20.2. The molecule has 0 amide bonds. The Morgan fingerprint density at radius 1 is 1.12 bits per heavy atom. The molecule has 0 unspecified atom stereocenters. The maximum absolute atomic E-state index is 9.79. The lowest BCUT2D eigenvalue weighted by Gasteiger charge is -2.40. The normalized spacial score (nSPS) is 15.5. The Labute approximate surface area is 258 Å². The van der Waals surface area contributed by atoms with Gasteiger partial charge in [-0.15, -0.1) is 5.10 Å². The van der Waals surface area contributed by atoms with Crippen molar-refractivity contribution in [3.63, 3.8) is 0 Å². The van der Waals surface area contributed by atoms with Gasteiger partial charge >= 0.3 is 0 Å². The molecule has 0 saturated carbocycles. The number of nitrogens with one attached hydrogen (secondary N) is 2. The fourth-order valence-corrected chi connectivity index (χ4v) is 5.95. The number of anilines is 2. The van der Waals surface area contributed by atoms with Crippen molar-refractivity contribution in [2.45, 2.75) is 71.0 Å². The molecule has 2 N–H and O–H groups in total. The Morgan fingerprint density at radius 3 is 2.52 bits per heavy atom. The number of nitrogens with zero attached hydrogens (tertiary/aromatic N) is 6. The summed E-state index contributed by atoms with van der Waals surface area (Å²) in [5.74, 6) is 0. The van der Waals surface area contributed by atoms with Crippen LogP contribution in [0.5, 0.6) is 0 Å². The molecule has 2 aromatic carbocycles.